The van der Waals surface area contributed by atoms with Crippen LogP contribution in [0.25, 0.3) is 21.7 Å². The van der Waals surface area contributed by atoms with Crippen LogP contribution in [-0.4, -0.2) is 20.7 Å². The zero-order chi connectivity index (χ0) is 21.3. The van der Waals surface area contributed by atoms with Crippen LogP contribution in [0.15, 0.2) is 65.5 Å². The monoisotopic (exact) mass is 456 g/mol. The Kier molecular flexibility index (Phi) is 5.67. The van der Waals surface area contributed by atoms with Crippen molar-refractivity contribution in [3.63, 3.8) is 0 Å². The van der Waals surface area contributed by atoms with E-state index < -0.39 is 5.91 Å². The molecule has 30 heavy (non-hydrogen) atoms. The number of amides is 1. The number of thiazole rings is 1. The molecule has 4 rings (SSSR count). The molecule has 2 aromatic carbocycles. The number of benzene rings is 2. The third-order valence-electron chi connectivity index (χ3n) is 4.29. The van der Waals surface area contributed by atoms with Gasteiger partial charge in [-0.05, 0) is 18.2 Å². The van der Waals surface area contributed by atoms with Gasteiger partial charge < -0.3 is 0 Å². The van der Waals surface area contributed by atoms with Gasteiger partial charge in [-0.25, -0.2) is 9.67 Å². The van der Waals surface area contributed by atoms with E-state index in [1.165, 1.54) is 30.5 Å². The number of carbonyl (C=O) groups is 1. The summed E-state index contributed by atoms with van der Waals surface area (Å²) in [4.78, 5) is 29.5. The Balaban J connectivity index is 1.78. The molecular weight excluding hydrogens is 443 g/mol. The molecule has 0 bridgehead atoms. The van der Waals surface area contributed by atoms with Gasteiger partial charge in [-0.2, -0.15) is 5.10 Å². The molecule has 4 aromatic rings. The van der Waals surface area contributed by atoms with E-state index in [1.54, 1.807) is 12.1 Å². The van der Waals surface area contributed by atoms with Crippen molar-refractivity contribution >= 4 is 45.6 Å². The van der Waals surface area contributed by atoms with Gasteiger partial charge in [-0.1, -0.05) is 70.9 Å². The summed E-state index contributed by atoms with van der Waals surface area (Å²) in [5.74, 6) is -0.476. The van der Waals surface area contributed by atoms with Crippen LogP contribution >= 0.6 is 34.5 Å². The summed E-state index contributed by atoms with van der Waals surface area (Å²) in [6.07, 6.45) is 0. The van der Waals surface area contributed by atoms with Crippen LogP contribution in [0.5, 0.6) is 0 Å². The average Bonchev–Trinajstić information content (AvgIpc) is 3.14. The number of aromatic nitrogens is 3. The fourth-order valence-electron chi connectivity index (χ4n) is 2.82. The third-order valence-corrected chi connectivity index (χ3v) is 5.95. The minimum absolute atomic E-state index is 0.103. The first-order valence-corrected chi connectivity index (χ1v) is 10.4. The molecule has 6 nitrogen and oxygen atoms in total. The van der Waals surface area contributed by atoms with Crippen molar-refractivity contribution in [3.05, 3.63) is 86.8 Å². The van der Waals surface area contributed by atoms with Gasteiger partial charge in [0.1, 0.15) is 5.69 Å². The normalized spacial score (nSPS) is 10.8. The smallest absolute Gasteiger partial charge is 0.277 e. The highest BCUT2D eigenvalue weighted by molar-refractivity contribution is 7.19. The molecule has 1 amide bonds. The maximum absolute atomic E-state index is 12.6. The zero-order valence-electron chi connectivity index (χ0n) is 15.6. The molecule has 0 unspecified atom stereocenters. The summed E-state index contributed by atoms with van der Waals surface area (Å²) in [6, 6.07) is 17.4. The van der Waals surface area contributed by atoms with Gasteiger partial charge in [0.05, 0.1) is 15.6 Å². The SMILES string of the molecule is Cn1nc(C(=O)Nc2nc(-c3ccccc3Cl)c(-c3ccccc3Cl)s2)ccc1=O. The Morgan fingerprint density at radius 1 is 0.967 bits per heavy atom. The summed E-state index contributed by atoms with van der Waals surface area (Å²) in [7, 11) is 1.48. The lowest BCUT2D eigenvalue weighted by molar-refractivity contribution is 0.102. The summed E-state index contributed by atoms with van der Waals surface area (Å²) < 4.78 is 1.10. The van der Waals surface area contributed by atoms with Crippen LogP contribution in [0.2, 0.25) is 10.0 Å². The first-order chi connectivity index (χ1) is 14.4. The van der Waals surface area contributed by atoms with Gasteiger partial charge in [0.2, 0.25) is 0 Å². The lowest BCUT2D eigenvalue weighted by Crippen LogP contribution is -2.23. The number of anilines is 1. The fourth-order valence-corrected chi connectivity index (χ4v) is 4.35. The Morgan fingerprint density at radius 2 is 1.60 bits per heavy atom. The quantitative estimate of drug-likeness (QED) is 0.461. The number of carbonyl (C=O) groups excluding carboxylic acids is 1. The van der Waals surface area contributed by atoms with Crippen LogP contribution in [-0.2, 0) is 7.05 Å². The molecule has 0 fully saturated rings. The second kappa shape index (κ2) is 8.39. The second-order valence-corrected chi connectivity index (χ2v) is 8.10. The van der Waals surface area contributed by atoms with Crippen LogP contribution in [0.1, 0.15) is 10.5 Å². The summed E-state index contributed by atoms with van der Waals surface area (Å²) >= 11 is 14.1. The van der Waals surface area contributed by atoms with Crippen LogP contribution in [0, 0.1) is 0 Å². The van der Waals surface area contributed by atoms with E-state index in [-0.39, 0.29) is 11.3 Å². The van der Waals surface area contributed by atoms with Crippen molar-refractivity contribution in [2.24, 2.45) is 7.05 Å². The number of rotatable bonds is 4. The van der Waals surface area contributed by atoms with Crippen LogP contribution < -0.4 is 10.9 Å². The number of hydrogen-bond donors (Lipinski definition) is 1. The highest BCUT2D eigenvalue weighted by atomic mass is 35.5. The van der Waals surface area contributed by atoms with Gasteiger partial charge in [0.15, 0.2) is 5.13 Å². The van der Waals surface area contributed by atoms with Gasteiger partial charge in [-0.3, -0.25) is 14.9 Å². The zero-order valence-corrected chi connectivity index (χ0v) is 17.9. The van der Waals surface area contributed by atoms with E-state index in [2.05, 4.69) is 15.4 Å². The molecule has 0 saturated heterocycles. The predicted octanol–water partition coefficient (Wildman–Crippen LogP) is 5.13. The number of halogens is 2. The van der Waals surface area contributed by atoms with Crippen molar-refractivity contribution in [1.29, 1.82) is 0 Å². The molecule has 0 aliphatic rings. The highest BCUT2D eigenvalue weighted by Gasteiger charge is 2.20. The lowest BCUT2D eigenvalue weighted by atomic mass is 10.1. The van der Waals surface area contributed by atoms with Gasteiger partial charge >= 0.3 is 0 Å². The largest absolute Gasteiger partial charge is 0.296 e. The standard InChI is InChI=1S/C21H14Cl2N4O2S/c1-27-17(28)11-10-16(26-27)20(29)25-21-24-18(12-6-2-4-8-14(12)22)19(30-21)13-7-3-5-9-15(13)23/h2-11H,1H3,(H,24,25,29). The molecule has 0 spiro atoms. The molecule has 0 saturated carbocycles. The fraction of sp³-hybridized carbons (Fsp3) is 0.0476. The van der Waals surface area contributed by atoms with Gasteiger partial charge in [0.25, 0.3) is 11.5 Å². The maximum atomic E-state index is 12.6. The maximum Gasteiger partial charge on any atom is 0.277 e. The van der Waals surface area contributed by atoms with Gasteiger partial charge in [-0.15, -0.1) is 0 Å². The van der Waals surface area contributed by atoms with E-state index in [0.29, 0.717) is 20.9 Å². The number of aryl methyl sites for hydroxylation is 1. The third kappa shape index (κ3) is 4.00. The van der Waals surface area contributed by atoms with Crippen molar-refractivity contribution < 1.29 is 4.79 Å². The summed E-state index contributed by atoms with van der Waals surface area (Å²) in [5, 5.41) is 8.18. The molecule has 9 heteroatoms. The number of nitrogens with one attached hydrogen (secondary N) is 1. The van der Waals surface area contributed by atoms with Gasteiger partial charge in [0, 0.05) is 29.3 Å². The Bertz CT molecular complexity index is 1250. The molecule has 1 N–H and O–H groups in total. The molecule has 0 aliphatic carbocycles. The minimum atomic E-state index is -0.476. The molecular formula is C21H14Cl2N4O2S. The Labute approximate surface area is 185 Å². The molecule has 0 aliphatic heterocycles. The van der Waals surface area contributed by atoms with E-state index in [1.807, 2.05) is 36.4 Å². The summed E-state index contributed by atoms with van der Waals surface area (Å²) in [6.45, 7) is 0. The van der Waals surface area contributed by atoms with E-state index in [4.69, 9.17) is 23.2 Å². The number of hydrogen-bond acceptors (Lipinski definition) is 5. The Hall–Kier alpha value is -3.00. The molecule has 150 valence electrons. The van der Waals surface area contributed by atoms with Crippen molar-refractivity contribution in [1.82, 2.24) is 14.8 Å². The van der Waals surface area contributed by atoms with E-state index in [9.17, 15) is 9.59 Å². The van der Waals surface area contributed by atoms with Crippen LogP contribution in [0.3, 0.4) is 0 Å². The summed E-state index contributed by atoms with van der Waals surface area (Å²) in [5.41, 5.74) is 1.93. The predicted molar refractivity (Wildman–Crippen MR) is 120 cm³/mol. The van der Waals surface area contributed by atoms with E-state index >= 15 is 0 Å². The average molecular weight is 457 g/mol. The van der Waals surface area contributed by atoms with Crippen LogP contribution in [0.4, 0.5) is 5.13 Å². The number of nitrogens with zero attached hydrogens (tertiary/aromatic N) is 3. The van der Waals surface area contributed by atoms with Crippen molar-refractivity contribution in [2.75, 3.05) is 5.32 Å². The lowest BCUT2D eigenvalue weighted by Gasteiger charge is -2.06. The first kappa shape index (κ1) is 20.3. The second-order valence-electron chi connectivity index (χ2n) is 6.29. The minimum Gasteiger partial charge on any atom is -0.296 e. The molecule has 2 aromatic heterocycles. The van der Waals surface area contributed by atoms with Crippen molar-refractivity contribution in [2.45, 2.75) is 0 Å². The molecule has 0 atom stereocenters. The molecule has 2 heterocycles. The topological polar surface area (TPSA) is 76.9 Å². The van der Waals surface area contributed by atoms with Crippen molar-refractivity contribution in [3.8, 4) is 21.7 Å². The first-order valence-electron chi connectivity index (χ1n) is 8.80. The highest BCUT2D eigenvalue weighted by Crippen LogP contribution is 2.43. The molecule has 0 radical (unpaired) electrons. The Morgan fingerprint density at radius 3 is 2.23 bits per heavy atom. The van der Waals surface area contributed by atoms with E-state index in [0.717, 1.165) is 20.7 Å².